The van der Waals surface area contributed by atoms with Crippen LogP contribution in [0.2, 0.25) is 5.02 Å². The predicted octanol–water partition coefficient (Wildman–Crippen LogP) is 4.08. The molecule has 0 aliphatic heterocycles. The molecule has 0 atom stereocenters. The summed E-state index contributed by atoms with van der Waals surface area (Å²) in [7, 11) is 0. The molecule has 4 heteroatoms. The van der Waals surface area contributed by atoms with Gasteiger partial charge in [0, 0.05) is 15.5 Å². The van der Waals surface area contributed by atoms with Crippen molar-refractivity contribution in [2.24, 2.45) is 0 Å². The number of aromatic carboxylic acids is 1. The van der Waals surface area contributed by atoms with E-state index in [9.17, 15) is 4.79 Å². The maximum atomic E-state index is 10.8. The third-order valence-electron chi connectivity index (χ3n) is 2.37. The normalized spacial score (nSPS) is 10.4. The fourth-order valence-corrected chi connectivity index (χ4v) is 2.53. The Hall–Kier alpha value is -1.32. The summed E-state index contributed by atoms with van der Waals surface area (Å²) in [5.74, 6) is -0.963. The van der Waals surface area contributed by atoms with E-state index in [4.69, 9.17) is 16.7 Å². The third-order valence-corrected chi connectivity index (χ3v) is 3.52. The quantitative estimate of drug-likeness (QED) is 0.875. The summed E-state index contributed by atoms with van der Waals surface area (Å²) >= 11 is 7.72. The van der Waals surface area contributed by atoms with Gasteiger partial charge >= 0.3 is 5.97 Å². The van der Waals surface area contributed by atoms with E-state index in [1.807, 2.05) is 18.4 Å². The molecule has 0 fully saturated rings. The van der Waals surface area contributed by atoms with Crippen molar-refractivity contribution < 1.29 is 9.90 Å². The third kappa shape index (κ3) is 1.96. The molecule has 2 nitrogen and oxygen atoms in total. The summed E-state index contributed by atoms with van der Waals surface area (Å²) in [5.41, 5.74) is 2.15. The molecule has 0 spiro atoms. The lowest BCUT2D eigenvalue weighted by molar-refractivity contribution is 0.0697. The molecule has 16 heavy (non-hydrogen) atoms. The second-order valence-corrected chi connectivity index (χ2v) is 4.92. The first-order valence-corrected chi connectivity index (χ1v) is 5.92. The number of thiophene rings is 1. The Bertz CT molecular complexity index is 546. The van der Waals surface area contributed by atoms with E-state index in [1.54, 1.807) is 23.5 Å². The Kier molecular flexibility index (Phi) is 2.99. The molecule has 0 aliphatic carbocycles. The van der Waals surface area contributed by atoms with Crippen molar-refractivity contribution in [3.63, 3.8) is 0 Å². The highest BCUT2D eigenvalue weighted by atomic mass is 35.5. The van der Waals surface area contributed by atoms with Gasteiger partial charge in [-0.3, -0.25) is 0 Å². The number of carboxylic acids is 1. The Morgan fingerprint density at radius 1 is 1.31 bits per heavy atom. The van der Waals surface area contributed by atoms with Gasteiger partial charge < -0.3 is 5.11 Å². The van der Waals surface area contributed by atoms with Crippen molar-refractivity contribution in [1.29, 1.82) is 0 Å². The van der Waals surface area contributed by atoms with Gasteiger partial charge in [-0.1, -0.05) is 17.7 Å². The van der Waals surface area contributed by atoms with Crippen molar-refractivity contribution in [1.82, 2.24) is 0 Å². The van der Waals surface area contributed by atoms with Gasteiger partial charge in [0.05, 0.1) is 5.56 Å². The fourth-order valence-electron chi connectivity index (χ4n) is 1.53. The molecule has 0 aliphatic rings. The van der Waals surface area contributed by atoms with E-state index >= 15 is 0 Å². The first-order valence-electron chi connectivity index (χ1n) is 4.67. The molecule has 1 aromatic carbocycles. The molecule has 2 rings (SSSR count). The van der Waals surface area contributed by atoms with E-state index < -0.39 is 5.97 Å². The number of hydrogen-bond donors (Lipinski definition) is 1. The Balaban J connectivity index is 2.52. The Morgan fingerprint density at radius 2 is 2.06 bits per heavy atom. The van der Waals surface area contributed by atoms with E-state index in [-0.39, 0.29) is 5.56 Å². The van der Waals surface area contributed by atoms with Gasteiger partial charge in [0.15, 0.2) is 0 Å². The summed E-state index contributed by atoms with van der Waals surface area (Å²) in [6.45, 7) is 2.02. The van der Waals surface area contributed by atoms with Gasteiger partial charge in [-0.25, -0.2) is 4.79 Å². The van der Waals surface area contributed by atoms with Crippen LogP contribution in [0, 0.1) is 6.92 Å². The van der Waals surface area contributed by atoms with Crippen molar-refractivity contribution in [2.45, 2.75) is 6.92 Å². The number of carbonyl (C=O) groups is 1. The lowest BCUT2D eigenvalue weighted by Crippen LogP contribution is -1.95. The van der Waals surface area contributed by atoms with Gasteiger partial charge in [-0.05, 0) is 36.1 Å². The first-order chi connectivity index (χ1) is 7.59. The van der Waals surface area contributed by atoms with E-state index in [1.165, 1.54) is 10.9 Å². The molecule has 1 N–H and O–H groups in total. The molecule has 2 aromatic rings. The van der Waals surface area contributed by atoms with Crippen LogP contribution in [0.15, 0.2) is 29.6 Å². The lowest BCUT2D eigenvalue weighted by Gasteiger charge is -2.04. The average Bonchev–Trinajstić information content (AvgIpc) is 2.64. The molecule has 1 heterocycles. The van der Waals surface area contributed by atoms with Gasteiger partial charge in [0.25, 0.3) is 0 Å². The van der Waals surface area contributed by atoms with Crippen LogP contribution in [0.3, 0.4) is 0 Å². The van der Waals surface area contributed by atoms with E-state index in [0.29, 0.717) is 5.02 Å². The number of aryl methyl sites for hydroxylation is 1. The SMILES string of the molecule is Cc1sccc1-c1ccc(C(=O)O)cc1Cl. The smallest absolute Gasteiger partial charge is 0.335 e. The summed E-state index contributed by atoms with van der Waals surface area (Å²) in [4.78, 5) is 11.9. The topological polar surface area (TPSA) is 37.3 Å². The summed E-state index contributed by atoms with van der Waals surface area (Å²) in [5, 5.41) is 11.3. The second-order valence-electron chi connectivity index (χ2n) is 3.39. The highest BCUT2D eigenvalue weighted by Gasteiger charge is 2.10. The average molecular weight is 253 g/mol. The molecule has 0 amide bonds. The zero-order valence-corrected chi connectivity index (χ0v) is 10.1. The van der Waals surface area contributed by atoms with Gasteiger partial charge in [0.2, 0.25) is 0 Å². The number of rotatable bonds is 2. The van der Waals surface area contributed by atoms with Gasteiger partial charge in [-0.2, -0.15) is 0 Å². The number of benzene rings is 1. The molecule has 0 radical (unpaired) electrons. The molecule has 1 aromatic heterocycles. The van der Waals surface area contributed by atoms with Crippen LogP contribution in [-0.4, -0.2) is 11.1 Å². The van der Waals surface area contributed by atoms with Crippen LogP contribution in [0.25, 0.3) is 11.1 Å². The maximum absolute atomic E-state index is 10.8. The zero-order chi connectivity index (χ0) is 11.7. The van der Waals surface area contributed by atoms with Crippen molar-refractivity contribution in [3.8, 4) is 11.1 Å². The standard InChI is InChI=1S/C12H9ClO2S/c1-7-9(4-5-16-7)10-3-2-8(12(14)15)6-11(10)13/h2-6H,1H3,(H,14,15). The number of hydrogen-bond acceptors (Lipinski definition) is 2. The summed E-state index contributed by atoms with van der Waals surface area (Å²) < 4.78 is 0. The maximum Gasteiger partial charge on any atom is 0.335 e. The van der Waals surface area contributed by atoms with Crippen molar-refractivity contribution in [3.05, 3.63) is 45.1 Å². The largest absolute Gasteiger partial charge is 0.478 e. The minimum atomic E-state index is -0.963. The Labute approximate surface area is 102 Å². The van der Waals surface area contributed by atoms with Crippen LogP contribution in [0.5, 0.6) is 0 Å². The summed E-state index contributed by atoms with van der Waals surface area (Å²) in [6, 6.07) is 6.79. The van der Waals surface area contributed by atoms with Crippen LogP contribution in [0.1, 0.15) is 15.2 Å². The highest BCUT2D eigenvalue weighted by Crippen LogP contribution is 2.33. The van der Waals surface area contributed by atoms with Crippen LogP contribution in [0.4, 0.5) is 0 Å². The highest BCUT2D eigenvalue weighted by molar-refractivity contribution is 7.10. The molecule has 0 saturated heterocycles. The van der Waals surface area contributed by atoms with Crippen LogP contribution >= 0.6 is 22.9 Å². The summed E-state index contributed by atoms with van der Waals surface area (Å²) in [6.07, 6.45) is 0. The van der Waals surface area contributed by atoms with Gasteiger partial charge in [-0.15, -0.1) is 11.3 Å². The van der Waals surface area contributed by atoms with Crippen LogP contribution < -0.4 is 0 Å². The van der Waals surface area contributed by atoms with Crippen LogP contribution in [-0.2, 0) is 0 Å². The molecule has 0 unspecified atom stereocenters. The van der Waals surface area contributed by atoms with Crippen molar-refractivity contribution in [2.75, 3.05) is 0 Å². The molecule has 0 bridgehead atoms. The first kappa shape index (κ1) is 11.2. The molecular weight excluding hydrogens is 244 g/mol. The lowest BCUT2D eigenvalue weighted by atomic mass is 10.0. The number of halogens is 1. The fraction of sp³-hybridized carbons (Fsp3) is 0.0833. The monoisotopic (exact) mass is 252 g/mol. The predicted molar refractivity (Wildman–Crippen MR) is 66.5 cm³/mol. The molecular formula is C12H9ClO2S. The second kappa shape index (κ2) is 4.28. The molecule has 82 valence electrons. The Morgan fingerprint density at radius 3 is 2.56 bits per heavy atom. The van der Waals surface area contributed by atoms with E-state index in [0.717, 1.165) is 11.1 Å². The van der Waals surface area contributed by atoms with Crippen molar-refractivity contribution >= 4 is 28.9 Å². The minimum absolute atomic E-state index is 0.210. The van der Waals surface area contributed by atoms with Gasteiger partial charge in [0.1, 0.15) is 0 Å². The van der Waals surface area contributed by atoms with E-state index in [2.05, 4.69) is 0 Å². The number of carboxylic acid groups (broad SMARTS) is 1. The minimum Gasteiger partial charge on any atom is -0.478 e. The molecule has 0 saturated carbocycles. The zero-order valence-electron chi connectivity index (χ0n) is 8.53.